The van der Waals surface area contributed by atoms with Crippen LogP contribution in [0.5, 0.6) is 0 Å². The molecule has 0 radical (unpaired) electrons. The van der Waals surface area contributed by atoms with Crippen LogP contribution in [0.15, 0.2) is 29.2 Å². The molecule has 0 aromatic heterocycles. The predicted octanol–water partition coefficient (Wildman–Crippen LogP) is 1.51. The van der Waals surface area contributed by atoms with Crippen LogP contribution in [-0.4, -0.2) is 44.7 Å². The number of hydrogen-bond acceptors (Lipinski definition) is 4. The van der Waals surface area contributed by atoms with E-state index in [1.807, 2.05) is 13.8 Å². The fraction of sp³-hybridized carbons (Fsp3) is 0.533. The van der Waals surface area contributed by atoms with Gasteiger partial charge in [0.2, 0.25) is 10.0 Å². The van der Waals surface area contributed by atoms with Gasteiger partial charge in [0.15, 0.2) is 5.78 Å². The van der Waals surface area contributed by atoms with Crippen LogP contribution in [0, 0.1) is 5.92 Å². The van der Waals surface area contributed by atoms with Crippen LogP contribution in [0.3, 0.4) is 0 Å². The van der Waals surface area contributed by atoms with Crippen LogP contribution in [0.1, 0.15) is 30.6 Å². The molecule has 1 aliphatic rings. The minimum atomic E-state index is -3.47. The van der Waals surface area contributed by atoms with Crippen molar-refractivity contribution in [2.75, 3.05) is 26.2 Å². The second kappa shape index (κ2) is 6.68. The number of nitrogens with one attached hydrogen (secondary N) is 1. The number of nitrogens with zero attached hydrogens (tertiary/aromatic N) is 1. The number of Topliss-reactive ketones (excluding diaryl/α,β-unsaturated/α-hetero) is 1. The lowest BCUT2D eigenvalue weighted by atomic mass is 10.0. The molecule has 0 aliphatic carbocycles. The summed E-state index contributed by atoms with van der Waals surface area (Å²) < 4.78 is 26.6. The maximum absolute atomic E-state index is 12.6. The second-order valence-electron chi connectivity index (χ2n) is 5.55. The van der Waals surface area contributed by atoms with Gasteiger partial charge < -0.3 is 5.32 Å². The van der Waals surface area contributed by atoms with Crippen molar-refractivity contribution >= 4 is 15.8 Å². The maximum atomic E-state index is 12.6. The quantitative estimate of drug-likeness (QED) is 0.856. The van der Waals surface area contributed by atoms with E-state index in [9.17, 15) is 13.2 Å². The summed E-state index contributed by atoms with van der Waals surface area (Å²) in [5.41, 5.74) is 0.557. The Hall–Kier alpha value is -1.24. The maximum Gasteiger partial charge on any atom is 0.243 e. The zero-order valence-electron chi connectivity index (χ0n) is 12.5. The lowest BCUT2D eigenvalue weighted by Gasteiger charge is -2.19. The minimum Gasteiger partial charge on any atom is -0.315 e. The Balaban J connectivity index is 2.22. The molecule has 0 atom stereocenters. The first-order chi connectivity index (χ1) is 9.93. The van der Waals surface area contributed by atoms with Gasteiger partial charge in [-0.25, -0.2) is 8.42 Å². The number of rotatable bonds is 4. The van der Waals surface area contributed by atoms with Crippen LogP contribution in [0.2, 0.25) is 0 Å². The average molecular weight is 310 g/mol. The summed E-state index contributed by atoms with van der Waals surface area (Å²) in [6.45, 7) is 6.18. The van der Waals surface area contributed by atoms with Crippen molar-refractivity contribution in [1.29, 1.82) is 0 Å². The highest BCUT2D eigenvalue weighted by Gasteiger charge is 2.25. The zero-order chi connectivity index (χ0) is 15.5. The Kier molecular flexibility index (Phi) is 5.13. The fourth-order valence-electron chi connectivity index (χ4n) is 2.33. The summed E-state index contributed by atoms with van der Waals surface area (Å²) in [5, 5.41) is 3.19. The van der Waals surface area contributed by atoms with Crippen LogP contribution in [0.4, 0.5) is 0 Å². The van der Waals surface area contributed by atoms with Gasteiger partial charge in [-0.2, -0.15) is 4.31 Å². The minimum absolute atomic E-state index is 0.0259. The van der Waals surface area contributed by atoms with Gasteiger partial charge in [0.25, 0.3) is 0 Å². The Morgan fingerprint density at radius 3 is 2.43 bits per heavy atom. The van der Waals surface area contributed by atoms with Gasteiger partial charge in [-0.15, -0.1) is 0 Å². The molecule has 1 fully saturated rings. The molecule has 1 aliphatic heterocycles. The molecule has 1 aromatic rings. The molecule has 21 heavy (non-hydrogen) atoms. The van der Waals surface area contributed by atoms with Crippen molar-refractivity contribution in [2.24, 2.45) is 5.92 Å². The summed E-state index contributed by atoms with van der Waals surface area (Å²) in [5.74, 6) is -0.0675. The van der Waals surface area contributed by atoms with Gasteiger partial charge in [0.1, 0.15) is 0 Å². The second-order valence-corrected chi connectivity index (χ2v) is 7.49. The van der Waals surface area contributed by atoms with Crippen molar-refractivity contribution in [3.63, 3.8) is 0 Å². The number of carbonyl (C=O) groups is 1. The molecule has 1 N–H and O–H groups in total. The van der Waals surface area contributed by atoms with Crippen molar-refractivity contribution in [1.82, 2.24) is 9.62 Å². The third-order valence-electron chi connectivity index (χ3n) is 3.60. The van der Waals surface area contributed by atoms with Gasteiger partial charge in [-0.05, 0) is 25.1 Å². The smallest absolute Gasteiger partial charge is 0.243 e. The normalized spacial score (nSPS) is 17.7. The van der Waals surface area contributed by atoms with Crippen molar-refractivity contribution < 1.29 is 13.2 Å². The molecule has 2 rings (SSSR count). The summed E-state index contributed by atoms with van der Waals surface area (Å²) in [6, 6.07) is 6.27. The van der Waals surface area contributed by atoms with Crippen LogP contribution < -0.4 is 5.32 Å². The van der Waals surface area contributed by atoms with Crippen LogP contribution >= 0.6 is 0 Å². The van der Waals surface area contributed by atoms with E-state index in [1.54, 1.807) is 12.1 Å². The number of hydrogen-bond donors (Lipinski definition) is 1. The molecule has 1 aromatic carbocycles. The first kappa shape index (κ1) is 16.1. The summed E-state index contributed by atoms with van der Waals surface area (Å²) in [7, 11) is -3.47. The molecule has 0 bridgehead atoms. The third kappa shape index (κ3) is 3.70. The van der Waals surface area contributed by atoms with Gasteiger partial charge in [0.05, 0.1) is 4.90 Å². The third-order valence-corrected chi connectivity index (χ3v) is 5.51. The Morgan fingerprint density at radius 1 is 1.14 bits per heavy atom. The molecule has 5 nitrogen and oxygen atoms in total. The average Bonchev–Trinajstić information content (AvgIpc) is 2.76. The highest BCUT2D eigenvalue weighted by molar-refractivity contribution is 7.89. The van der Waals surface area contributed by atoms with Gasteiger partial charge in [-0.1, -0.05) is 26.0 Å². The molecule has 0 saturated carbocycles. The Morgan fingerprint density at radius 2 is 1.81 bits per heavy atom. The fourth-order valence-corrected chi connectivity index (χ4v) is 3.81. The Labute approximate surface area is 126 Å². The number of sulfonamides is 1. The molecule has 116 valence electrons. The largest absolute Gasteiger partial charge is 0.315 e. The number of ketones is 1. The summed E-state index contributed by atoms with van der Waals surface area (Å²) >= 11 is 0. The highest BCUT2D eigenvalue weighted by atomic mass is 32.2. The lowest BCUT2D eigenvalue weighted by molar-refractivity contribution is 0.0939. The van der Waals surface area contributed by atoms with Crippen LogP contribution in [-0.2, 0) is 10.0 Å². The molecule has 0 spiro atoms. The summed E-state index contributed by atoms with van der Waals surface area (Å²) in [4.78, 5) is 12.1. The van der Waals surface area contributed by atoms with Gasteiger partial charge >= 0.3 is 0 Å². The molecule has 0 amide bonds. The van der Waals surface area contributed by atoms with E-state index in [-0.39, 0.29) is 16.6 Å². The predicted molar refractivity (Wildman–Crippen MR) is 81.9 cm³/mol. The molecule has 1 saturated heterocycles. The molecule has 6 heteroatoms. The van der Waals surface area contributed by atoms with E-state index in [0.29, 0.717) is 25.2 Å². The van der Waals surface area contributed by atoms with Crippen molar-refractivity contribution in [3.8, 4) is 0 Å². The van der Waals surface area contributed by atoms with E-state index in [1.165, 1.54) is 16.4 Å². The molecular weight excluding hydrogens is 288 g/mol. The molecule has 1 heterocycles. The first-order valence-corrected chi connectivity index (χ1v) is 8.72. The SMILES string of the molecule is CC(C)C(=O)c1ccc(S(=O)(=O)N2CCCNCC2)cc1. The Bertz CT molecular complexity index is 586. The van der Waals surface area contributed by atoms with E-state index >= 15 is 0 Å². The molecular formula is C15H22N2O3S. The number of benzene rings is 1. The van der Waals surface area contributed by atoms with Crippen molar-refractivity contribution in [3.05, 3.63) is 29.8 Å². The van der Waals surface area contributed by atoms with Gasteiger partial charge in [0, 0.05) is 31.1 Å². The highest BCUT2D eigenvalue weighted by Crippen LogP contribution is 2.18. The standard InChI is InChI=1S/C15H22N2O3S/c1-12(2)15(18)13-4-6-14(7-5-13)21(19,20)17-10-3-8-16-9-11-17/h4-7,12,16H,3,8-11H2,1-2H3. The van der Waals surface area contributed by atoms with E-state index < -0.39 is 10.0 Å². The zero-order valence-corrected chi connectivity index (χ0v) is 13.3. The van der Waals surface area contributed by atoms with Crippen LogP contribution in [0.25, 0.3) is 0 Å². The van der Waals surface area contributed by atoms with E-state index in [4.69, 9.17) is 0 Å². The van der Waals surface area contributed by atoms with Crippen molar-refractivity contribution in [2.45, 2.75) is 25.2 Å². The topological polar surface area (TPSA) is 66.5 Å². The summed E-state index contributed by atoms with van der Waals surface area (Å²) in [6.07, 6.45) is 0.809. The number of carbonyl (C=O) groups excluding carboxylic acids is 1. The van der Waals surface area contributed by atoms with E-state index in [2.05, 4.69) is 5.32 Å². The van der Waals surface area contributed by atoms with E-state index in [0.717, 1.165) is 13.0 Å². The monoisotopic (exact) mass is 310 g/mol. The molecule has 0 unspecified atom stereocenters. The lowest BCUT2D eigenvalue weighted by Crippen LogP contribution is -2.34. The first-order valence-electron chi connectivity index (χ1n) is 7.28. The van der Waals surface area contributed by atoms with Gasteiger partial charge in [-0.3, -0.25) is 4.79 Å².